The molecule has 172 valence electrons. The number of hydrogen-bond donors (Lipinski definition) is 2. The van der Waals surface area contributed by atoms with E-state index in [1.165, 1.54) is 48.5 Å². The number of hydroxylamine groups is 2. The van der Waals surface area contributed by atoms with E-state index in [1.54, 1.807) is 13.0 Å². The molecule has 1 aliphatic rings. The van der Waals surface area contributed by atoms with Crippen molar-refractivity contribution in [1.29, 1.82) is 0 Å². The molecule has 11 nitrogen and oxygen atoms in total. The molecule has 2 aromatic carbocycles. The number of rotatable bonds is 7. The van der Waals surface area contributed by atoms with Gasteiger partial charge in [-0.25, -0.2) is 0 Å². The summed E-state index contributed by atoms with van der Waals surface area (Å²) in [6, 6.07) is 12.5. The summed E-state index contributed by atoms with van der Waals surface area (Å²) < 4.78 is 63.6. The van der Waals surface area contributed by atoms with Gasteiger partial charge in [-0.3, -0.25) is 14.1 Å². The molecule has 0 spiro atoms. The molecule has 0 radical (unpaired) electrons. The van der Waals surface area contributed by atoms with Crippen LogP contribution in [0.2, 0.25) is 0 Å². The molecule has 0 bridgehead atoms. The van der Waals surface area contributed by atoms with E-state index in [0.29, 0.717) is 0 Å². The fourth-order valence-electron chi connectivity index (χ4n) is 3.18. The van der Waals surface area contributed by atoms with Crippen LogP contribution in [0.5, 0.6) is 0 Å². The summed E-state index contributed by atoms with van der Waals surface area (Å²) >= 11 is 0. The van der Waals surface area contributed by atoms with Crippen LogP contribution in [0.1, 0.15) is 22.8 Å². The first-order valence-corrected chi connectivity index (χ1v) is 12.0. The molecular weight excluding hydrogens is 464 g/mol. The van der Waals surface area contributed by atoms with Crippen LogP contribution in [0.15, 0.2) is 59.5 Å². The predicted octanol–water partition coefficient (Wildman–Crippen LogP) is 0.726. The van der Waals surface area contributed by atoms with E-state index in [9.17, 15) is 36.1 Å². The minimum Gasteiger partial charge on any atom is -0.392 e. The number of carbonyl (C=O) groups is 2. The van der Waals surface area contributed by atoms with Crippen molar-refractivity contribution in [2.75, 3.05) is 0 Å². The van der Waals surface area contributed by atoms with Crippen molar-refractivity contribution in [3.63, 3.8) is 0 Å². The second-order valence-corrected chi connectivity index (χ2v) is 9.95. The Bertz CT molecular complexity index is 1230. The van der Waals surface area contributed by atoms with Gasteiger partial charge in [-0.1, -0.05) is 35.9 Å². The fraction of sp³-hybridized carbons (Fsp3) is 0.263. The normalized spacial score (nSPS) is 19.9. The van der Waals surface area contributed by atoms with Crippen LogP contribution in [-0.4, -0.2) is 59.9 Å². The van der Waals surface area contributed by atoms with Gasteiger partial charge in [-0.05, 0) is 38.1 Å². The fourth-order valence-corrected chi connectivity index (χ4v) is 4.94. The standard InChI is InChI=1S/C19H20N2O9S2/c1-12-8-10-15(11-9-12)31(25,26)30-20(18(23)14-6-4-3-5-7-14)17-16(13(2)22)19(24)21(17)32(27,28)29/h3-11,13,16-17,22H,1-2H3,(H,27,28,29)/t13-,16-,17+/m1/s1. The predicted molar refractivity (Wildman–Crippen MR) is 109 cm³/mol. The molecule has 1 aliphatic heterocycles. The van der Waals surface area contributed by atoms with Gasteiger partial charge in [0.15, 0.2) is 6.17 Å². The van der Waals surface area contributed by atoms with Crippen molar-refractivity contribution in [1.82, 2.24) is 9.37 Å². The van der Waals surface area contributed by atoms with Crippen LogP contribution in [0, 0.1) is 12.8 Å². The van der Waals surface area contributed by atoms with E-state index in [0.717, 1.165) is 12.5 Å². The molecule has 0 aliphatic carbocycles. The van der Waals surface area contributed by atoms with E-state index >= 15 is 0 Å². The molecule has 3 atom stereocenters. The van der Waals surface area contributed by atoms with Crippen molar-refractivity contribution in [2.45, 2.75) is 31.0 Å². The number of nitrogens with zero attached hydrogens (tertiary/aromatic N) is 2. The third-order valence-electron chi connectivity index (χ3n) is 4.78. The smallest absolute Gasteiger partial charge is 0.364 e. The maximum atomic E-state index is 13.1. The van der Waals surface area contributed by atoms with Crippen LogP contribution in [0.3, 0.4) is 0 Å². The van der Waals surface area contributed by atoms with Crippen LogP contribution in [0.4, 0.5) is 0 Å². The molecule has 32 heavy (non-hydrogen) atoms. The maximum absolute atomic E-state index is 13.1. The van der Waals surface area contributed by atoms with Crippen LogP contribution in [0.25, 0.3) is 0 Å². The third-order valence-corrected chi connectivity index (χ3v) is 6.88. The van der Waals surface area contributed by atoms with Gasteiger partial charge in [0, 0.05) is 5.56 Å². The first kappa shape index (κ1) is 23.8. The molecule has 1 fully saturated rings. The zero-order valence-corrected chi connectivity index (χ0v) is 18.5. The molecule has 1 heterocycles. The van der Waals surface area contributed by atoms with Crippen molar-refractivity contribution >= 4 is 32.2 Å². The Morgan fingerprint density at radius 1 is 1.06 bits per heavy atom. The molecule has 0 aromatic heterocycles. The second kappa shape index (κ2) is 8.60. The topological polar surface area (TPSA) is 159 Å². The Kier molecular flexibility index (Phi) is 6.40. The summed E-state index contributed by atoms with van der Waals surface area (Å²) in [5.41, 5.74) is 0.656. The first-order valence-electron chi connectivity index (χ1n) is 9.23. The van der Waals surface area contributed by atoms with E-state index < -0.39 is 50.4 Å². The van der Waals surface area contributed by atoms with Gasteiger partial charge >= 0.3 is 20.4 Å². The van der Waals surface area contributed by atoms with Crippen LogP contribution in [-0.2, 0) is 29.5 Å². The van der Waals surface area contributed by atoms with Crippen LogP contribution >= 0.6 is 0 Å². The summed E-state index contributed by atoms with van der Waals surface area (Å²) in [7, 11) is -9.89. The Morgan fingerprint density at radius 2 is 1.62 bits per heavy atom. The Morgan fingerprint density at radius 3 is 2.12 bits per heavy atom. The van der Waals surface area contributed by atoms with Gasteiger partial charge in [0.05, 0.1) is 11.0 Å². The van der Waals surface area contributed by atoms with E-state index in [1.807, 2.05) is 0 Å². The summed E-state index contributed by atoms with van der Waals surface area (Å²) in [6.45, 7) is 2.87. The summed E-state index contributed by atoms with van der Waals surface area (Å²) in [4.78, 5) is 25.1. The zero-order chi connectivity index (χ0) is 23.8. The number of hydrogen-bond acceptors (Lipinski definition) is 8. The highest BCUT2D eigenvalue weighted by atomic mass is 32.2. The largest absolute Gasteiger partial charge is 0.392 e. The Hall–Kier alpha value is -2.84. The number of benzene rings is 2. The molecule has 2 N–H and O–H groups in total. The van der Waals surface area contributed by atoms with Crippen molar-refractivity contribution in [3.05, 3.63) is 65.7 Å². The summed E-state index contributed by atoms with van der Waals surface area (Å²) in [6.07, 6.45) is -3.45. The van der Waals surface area contributed by atoms with E-state index in [2.05, 4.69) is 0 Å². The maximum Gasteiger partial charge on any atom is 0.364 e. The van der Waals surface area contributed by atoms with Crippen molar-refractivity contribution in [3.8, 4) is 0 Å². The number of aliphatic hydroxyl groups excluding tert-OH is 1. The van der Waals surface area contributed by atoms with E-state index in [-0.39, 0.29) is 19.8 Å². The minimum atomic E-state index is -5.21. The van der Waals surface area contributed by atoms with Crippen molar-refractivity contribution < 1.29 is 40.4 Å². The highest BCUT2D eigenvalue weighted by Gasteiger charge is 2.60. The SMILES string of the molecule is Cc1ccc(S(=O)(=O)ON(C(=O)c2ccccc2)[C@@H]2[C@@H]([C@@H](C)O)C(=O)N2S(=O)(=O)O)cc1. The number of β-lactam (4-membered cyclic amide) rings is 1. The first-order chi connectivity index (χ1) is 14.8. The summed E-state index contributed by atoms with van der Waals surface area (Å²) in [5.74, 6) is -3.91. The number of amides is 2. The van der Waals surface area contributed by atoms with Gasteiger partial charge in [-0.2, -0.15) is 26.2 Å². The molecule has 13 heteroatoms. The van der Waals surface area contributed by atoms with Gasteiger partial charge in [-0.15, -0.1) is 4.28 Å². The molecule has 0 unspecified atom stereocenters. The molecule has 2 amide bonds. The summed E-state index contributed by atoms with van der Waals surface area (Å²) in [5, 5.41) is 10.1. The monoisotopic (exact) mass is 484 g/mol. The van der Waals surface area contributed by atoms with Gasteiger partial charge in [0.25, 0.3) is 5.91 Å². The molecular formula is C19H20N2O9S2. The molecule has 2 aromatic rings. The highest BCUT2D eigenvalue weighted by molar-refractivity contribution is 7.86. The Labute approximate surface area is 184 Å². The number of aryl methyl sites for hydroxylation is 1. The average molecular weight is 485 g/mol. The van der Waals surface area contributed by atoms with Gasteiger partial charge < -0.3 is 5.11 Å². The lowest BCUT2D eigenvalue weighted by atomic mass is 9.91. The van der Waals surface area contributed by atoms with Gasteiger partial charge in [0.1, 0.15) is 5.92 Å². The zero-order valence-electron chi connectivity index (χ0n) is 16.9. The van der Waals surface area contributed by atoms with Gasteiger partial charge in [0.2, 0.25) is 5.91 Å². The molecule has 3 rings (SSSR count). The van der Waals surface area contributed by atoms with E-state index in [4.69, 9.17) is 4.28 Å². The van der Waals surface area contributed by atoms with Crippen molar-refractivity contribution in [2.24, 2.45) is 5.92 Å². The average Bonchev–Trinajstić information content (AvgIpc) is 2.69. The third kappa shape index (κ3) is 4.52. The quantitative estimate of drug-likeness (QED) is 0.328. The molecule has 1 saturated heterocycles. The lowest BCUT2D eigenvalue weighted by Gasteiger charge is -2.48. The lowest BCUT2D eigenvalue weighted by Crippen LogP contribution is -2.72. The number of aliphatic hydroxyl groups is 1. The Balaban J connectivity index is 2.11. The highest BCUT2D eigenvalue weighted by Crippen LogP contribution is 2.36. The minimum absolute atomic E-state index is 0.0921. The number of carbonyl (C=O) groups excluding carboxylic acids is 2. The second-order valence-electron chi connectivity index (χ2n) is 7.13. The van der Waals surface area contributed by atoms with Crippen LogP contribution < -0.4 is 0 Å². The lowest BCUT2D eigenvalue weighted by molar-refractivity contribution is -0.189. The molecule has 0 saturated carbocycles.